The number of hydrogen-bond donors (Lipinski definition) is 0. The summed E-state index contributed by atoms with van der Waals surface area (Å²) < 4.78 is 20.2. The highest BCUT2D eigenvalue weighted by Crippen LogP contribution is 2.27. The van der Waals surface area contributed by atoms with Crippen molar-refractivity contribution in [2.75, 3.05) is 0 Å². The van der Waals surface area contributed by atoms with Gasteiger partial charge in [-0.05, 0) is 46.5 Å². The number of hydrogen-bond acceptors (Lipinski definition) is 6. The van der Waals surface area contributed by atoms with E-state index in [1.165, 1.54) is 12.5 Å². The van der Waals surface area contributed by atoms with E-state index in [4.69, 9.17) is 18.9 Å². The molecule has 3 aromatic carbocycles. The number of carbonyl (C=O) groups is 2. The molecule has 3 rings (SSSR count). The summed E-state index contributed by atoms with van der Waals surface area (Å²) in [5.74, 6) is 0.122. The van der Waals surface area contributed by atoms with Gasteiger partial charge in [-0.15, -0.1) is 0 Å². The van der Waals surface area contributed by atoms with Crippen LogP contribution in [0.5, 0.6) is 11.5 Å². The molecule has 0 aliphatic heterocycles. The first-order chi connectivity index (χ1) is 16.6. The molecule has 0 bridgehead atoms. The van der Waals surface area contributed by atoms with Crippen LogP contribution in [0, 0.1) is 0 Å². The molecule has 0 heterocycles. The predicted molar refractivity (Wildman–Crippen MR) is 129 cm³/mol. The minimum atomic E-state index is -0.552. The Kier molecular flexibility index (Phi) is 8.59. The second-order valence-electron chi connectivity index (χ2n) is 6.69. The molecule has 0 spiro atoms. The molecule has 0 aromatic heterocycles. The molecule has 0 fully saturated rings. The number of esters is 2. The Hall–Kier alpha value is -4.84. The topological polar surface area (TPSA) is 71.1 Å². The van der Waals surface area contributed by atoms with Crippen LogP contribution < -0.4 is 9.47 Å². The maximum Gasteiger partial charge on any atom is 0.335 e. The summed E-state index contributed by atoms with van der Waals surface area (Å²) in [7, 11) is 0. The molecule has 0 N–H and O–H groups in total. The van der Waals surface area contributed by atoms with Crippen LogP contribution in [0.1, 0.15) is 0 Å². The average molecular weight is 454 g/mol. The van der Waals surface area contributed by atoms with Crippen molar-refractivity contribution in [1.29, 1.82) is 0 Å². The van der Waals surface area contributed by atoms with Gasteiger partial charge in [0.1, 0.15) is 36.5 Å². The van der Waals surface area contributed by atoms with Crippen LogP contribution in [-0.4, -0.2) is 11.9 Å². The van der Waals surface area contributed by atoms with E-state index in [0.717, 1.165) is 46.9 Å². The van der Waals surface area contributed by atoms with Crippen molar-refractivity contribution in [3.05, 3.63) is 123 Å². The van der Waals surface area contributed by atoms with Crippen molar-refractivity contribution in [3.63, 3.8) is 0 Å². The van der Waals surface area contributed by atoms with Crippen LogP contribution in [0.4, 0.5) is 0 Å². The van der Waals surface area contributed by atoms with E-state index < -0.39 is 11.9 Å². The summed E-state index contributed by atoms with van der Waals surface area (Å²) in [6.45, 7) is 6.62. The molecule has 0 atom stereocenters. The molecule has 0 amide bonds. The molecule has 0 saturated heterocycles. The lowest BCUT2D eigenvalue weighted by Gasteiger charge is -2.07. The highest BCUT2D eigenvalue weighted by molar-refractivity contribution is 5.82. The molecule has 0 radical (unpaired) electrons. The highest BCUT2D eigenvalue weighted by atomic mass is 16.5. The molecular weight excluding hydrogens is 432 g/mol. The highest BCUT2D eigenvalue weighted by Gasteiger charge is 2.02. The molecule has 0 aliphatic carbocycles. The van der Waals surface area contributed by atoms with E-state index in [9.17, 15) is 9.59 Å². The van der Waals surface area contributed by atoms with Crippen LogP contribution in [0.25, 0.3) is 22.3 Å². The largest absolute Gasteiger partial charge is 0.462 e. The normalized spacial score (nSPS) is 10.6. The summed E-state index contributed by atoms with van der Waals surface area (Å²) in [6.07, 6.45) is 7.03. The van der Waals surface area contributed by atoms with E-state index in [2.05, 4.69) is 13.2 Å². The number of rotatable bonds is 10. The zero-order chi connectivity index (χ0) is 24.2. The zero-order valence-electron chi connectivity index (χ0n) is 18.3. The lowest BCUT2D eigenvalue weighted by atomic mass is 10.0. The lowest BCUT2D eigenvalue weighted by molar-refractivity contribution is -0.133. The van der Waals surface area contributed by atoms with Crippen molar-refractivity contribution < 1.29 is 28.5 Å². The van der Waals surface area contributed by atoms with Gasteiger partial charge in [-0.2, -0.15) is 0 Å². The molecule has 0 unspecified atom stereocenters. The fourth-order valence-electron chi connectivity index (χ4n) is 2.81. The summed E-state index contributed by atoms with van der Waals surface area (Å²) in [5.41, 5.74) is 4.19. The van der Waals surface area contributed by atoms with Crippen molar-refractivity contribution in [2.45, 2.75) is 0 Å². The molecule has 170 valence electrons. The lowest BCUT2D eigenvalue weighted by Crippen LogP contribution is -1.93. The SMILES string of the molecule is C=CC(=O)O/C=C\Oc1ccc(-c2ccc(-c3ccc(O/C=C\OC(=O)C=C)cc3)cc2)cc1. The molecule has 3 aromatic rings. The van der Waals surface area contributed by atoms with Gasteiger partial charge in [0.25, 0.3) is 0 Å². The van der Waals surface area contributed by atoms with E-state index in [1.807, 2.05) is 72.8 Å². The maximum absolute atomic E-state index is 11.0. The van der Waals surface area contributed by atoms with E-state index in [-0.39, 0.29) is 0 Å². The number of ether oxygens (including phenoxy) is 4. The first kappa shape index (κ1) is 23.8. The molecule has 6 nitrogen and oxygen atoms in total. The predicted octanol–water partition coefficient (Wildman–Crippen LogP) is 6.18. The van der Waals surface area contributed by atoms with Gasteiger partial charge in [-0.3, -0.25) is 0 Å². The number of benzene rings is 3. The van der Waals surface area contributed by atoms with Crippen LogP contribution in [0.2, 0.25) is 0 Å². The van der Waals surface area contributed by atoms with Crippen LogP contribution in [0.3, 0.4) is 0 Å². The monoisotopic (exact) mass is 454 g/mol. The van der Waals surface area contributed by atoms with Crippen molar-refractivity contribution in [2.24, 2.45) is 0 Å². The second kappa shape index (κ2) is 12.3. The van der Waals surface area contributed by atoms with E-state index in [0.29, 0.717) is 11.5 Å². The third-order valence-electron chi connectivity index (χ3n) is 4.48. The second-order valence-corrected chi connectivity index (χ2v) is 6.69. The first-order valence-corrected chi connectivity index (χ1v) is 10.2. The third-order valence-corrected chi connectivity index (χ3v) is 4.48. The zero-order valence-corrected chi connectivity index (χ0v) is 18.3. The Morgan fingerprint density at radius 3 is 1.09 bits per heavy atom. The first-order valence-electron chi connectivity index (χ1n) is 10.2. The Bertz CT molecular complexity index is 1090. The van der Waals surface area contributed by atoms with Crippen LogP contribution >= 0.6 is 0 Å². The summed E-state index contributed by atoms with van der Waals surface area (Å²) >= 11 is 0. The quantitative estimate of drug-likeness (QED) is 0.207. The van der Waals surface area contributed by atoms with E-state index >= 15 is 0 Å². The van der Waals surface area contributed by atoms with Crippen LogP contribution in [0.15, 0.2) is 123 Å². The fourth-order valence-corrected chi connectivity index (χ4v) is 2.81. The van der Waals surface area contributed by atoms with Crippen LogP contribution in [-0.2, 0) is 19.1 Å². The number of carbonyl (C=O) groups excluding carboxylic acids is 2. The van der Waals surface area contributed by atoms with Gasteiger partial charge in [0.2, 0.25) is 0 Å². The van der Waals surface area contributed by atoms with Gasteiger partial charge >= 0.3 is 11.9 Å². The molecule has 34 heavy (non-hydrogen) atoms. The average Bonchev–Trinajstić information content (AvgIpc) is 2.89. The Labute approximate surface area is 197 Å². The minimum absolute atomic E-state index is 0.552. The van der Waals surface area contributed by atoms with Gasteiger partial charge < -0.3 is 18.9 Å². The summed E-state index contributed by atoms with van der Waals surface area (Å²) in [4.78, 5) is 21.9. The van der Waals surface area contributed by atoms with Gasteiger partial charge in [0, 0.05) is 12.2 Å². The smallest absolute Gasteiger partial charge is 0.335 e. The molecule has 0 aliphatic rings. The van der Waals surface area contributed by atoms with Gasteiger partial charge in [-0.1, -0.05) is 61.7 Å². The standard InChI is InChI=1S/C28H22O6/c1-3-27(29)33-19-17-31-25-13-9-23(10-14-25)21-5-7-22(8-6-21)24-11-15-26(16-12-24)32-18-20-34-28(30)4-2/h3-20H,1-2H2/b19-17-,20-18-. The molecule has 0 saturated carbocycles. The van der Waals surface area contributed by atoms with Gasteiger partial charge in [-0.25, -0.2) is 9.59 Å². The van der Waals surface area contributed by atoms with Crippen molar-refractivity contribution in [1.82, 2.24) is 0 Å². The Morgan fingerprint density at radius 2 is 0.794 bits per heavy atom. The summed E-state index contributed by atoms with van der Waals surface area (Å²) in [5, 5.41) is 0. The fraction of sp³-hybridized carbons (Fsp3) is 0. The Balaban J connectivity index is 1.57. The van der Waals surface area contributed by atoms with Crippen molar-refractivity contribution in [3.8, 4) is 33.8 Å². The minimum Gasteiger partial charge on any atom is -0.462 e. The summed E-state index contributed by atoms with van der Waals surface area (Å²) in [6, 6.07) is 23.3. The van der Waals surface area contributed by atoms with Crippen molar-refractivity contribution >= 4 is 11.9 Å². The van der Waals surface area contributed by atoms with Gasteiger partial charge in [0.15, 0.2) is 0 Å². The van der Waals surface area contributed by atoms with Gasteiger partial charge in [0.05, 0.1) is 0 Å². The third kappa shape index (κ3) is 7.10. The Morgan fingerprint density at radius 1 is 0.500 bits per heavy atom. The molecule has 6 heteroatoms. The maximum atomic E-state index is 11.0. The molecular formula is C28H22O6. The van der Waals surface area contributed by atoms with E-state index in [1.54, 1.807) is 0 Å².